The summed E-state index contributed by atoms with van der Waals surface area (Å²) in [6, 6.07) is 21.0. The molecule has 6 nitrogen and oxygen atoms in total. The van der Waals surface area contributed by atoms with Crippen LogP contribution in [0.2, 0.25) is 0 Å². The molecule has 0 aliphatic carbocycles. The minimum Gasteiger partial charge on any atom is -0.508 e. The molecule has 0 bridgehead atoms. The number of phenolic OH excluding ortho intramolecular Hbond substituents is 1. The zero-order valence-electron chi connectivity index (χ0n) is 15.6. The topological polar surface area (TPSA) is 99.4 Å². The fourth-order valence-electron chi connectivity index (χ4n) is 3.42. The summed E-state index contributed by atoms with van der Waals surface area (Å²) >= 11 is 1.30. The summed E-state index contributed by atoms with van der Waals surface area (Å²) in [5.41, 5.74) is 2.23. The van der Waals surface area contributed by atoms with E-state index in [0.29, 0.717) is 16.1 Å². The van der Waals surface area contributed by atoms with Crippen molar-refractivity contribution in [1.29, 1.82) is 0 Å². The number of hydrogen-bond acceptors (Lipinski definition) is 6. The number of thioether (sulfide) groups is 1. The van der Waals surface area contributed by atoms with Gasteiger partial charge in [0.05, 0.1) is 27.2 Å². The molecule has 148 valence electrons. The first-order valence-electron chi connectivity index (χ1n) is 9.25. The summed E-state index contributed by atoms with van der Waals surface area (Å²) in [5, 5.41) is 21.1. The van der Waals surface area contributed by atoms with E-state index >= 15 is 0 Å². The molecular formula is C23H16N2O4S. The molecule has 0 spiro atoms. The van der Waals surface area contributed by atoms with E-state index in [0.717, 1.165) is 16.6 Å². The van der Waals surface area contributed by atoms with Gasteiger partial charge in [0.2, 0.25) is 0 Å². The van der Waals surface area contributed by atoms with Gasteiger partial charge in [-0.3, -0.25) is 0 Å². The molecule has 0 aliphatic heterocycles. The van der Waals surface area contributed by atoms with Crippen molar-refractivity contribution in [2.24, 2.45) is 0 Å². The molecular weight excluding hydrogens is 400 g/mol. The highest BCUT2D eigenvalue weighted by atomic mass is 32.2. The van der Waals surface area contributed by atoms with Crippen molar-refractivity contribution in [3.8, 4) is 11.5 Å². The molecule has 0 saturated carbocycles. The lowest BCUT2D eigenvalue weighted by Crippen LogP contribution is -2.12. The Bertz CT molecular complexity index is 1390. The highest BCUT2D eigenvalue weighted by Gasteiger charge is 2.27. The van der Waals surface area contributed by atoms with Gasteiger partial charge in [0.15, 0.2) is 5.16 Å². The number of aromatic amines is 1. The first-order valence-corrected chi connectivity index (χ1v) is 10.1. The monoisotopic (exact) mass is 416 g/mol. The number of phenols is 1. The van der Waals surface area contributed by atoms with E-state index in [1.54, 1.807) is 48.5 Å². The molecule has 5 aromatic rings. The molecule has 0 radical (unpaired) electrons. The Morgan fingerprint density at radius 2 is 1.67 bits per heavy atom. The van der Waals surface area contributed by atoms with E-state index in [2.05, 4.69) is 9.97 Å². The number of benzene rings is 3. The van der Waals surface area contributed by atoms with Crippen LogP contribution in [0.15, 0.2) is 87.2 Å². The van der Waals surface area contributed by atoms with Crippen LogP contribution in [0.4, 0.5) is 0 Å². The Balaban J connectivity index is 1.69. The highest BCUT2D eigenvalue weighted by Crippen LogP contribution is 2.43. The summed E-state index contributed by atoms with van der Waals surface area (Å²) in [4.78, 5) is 20.7. The highest BCUT2D eigenvalue weighted by molar-refractivity contribution is 7.99. The molecule has 1 unspecified atom stereocenters. The Morgan fingerprint density at radius 3 is 2.47 bits per heavy atom. The number of imidazole rings is 1. The molecule has 2 aromatic heterocycles. The van der Waals surface area contributed by atoms with Gasteiger partial charge in [-0.05, 0) is 42.0 Å². The predicted molar refractivity (Wildman–Crippen MR) is 116 cm³/mol. The molecule has 3 aromatic carbocycles. The quantitative estimate of drug-likeness (QED) is 0.283. The lowest BCUT2D eigenvalue weighted by atomic mass is 10.0. The van der Waals surface area contributed by atoms with Crippen molar-refractivity contribution < 1.29 is 14.6 Å². The van der Waals surface area contributed by atoms with Crippen LogP contribution in [0.5, 0.6) is 11.5 Å². The van der Waals surface area contributed by atoms with E-state index in [9.17, 15) is 15.0 Å². The molecule has 1 atom stereocenters. The number of hydrogen-bond donors (Lipinski definition) is 3. The van der Waals surface area contributed by atoms with Crippen molar-refractivity contribution in [3.63, 3.8) is 0 Å². The molecule has 0 fully saturated rings. The maximum atomic E-state index is 12.9. The van der Waals surface area contributed by atoms with E-state index < -0.39 is 10.9 Å². The van der Waals surface area contributed by atoms with Crippen molar-refractivity contribution >= 4 is 33.8 Å². The van der Waals surface area contributed by atoms with Crippen LogP contribution in [0.3, 0.4) is 0 Å². The smallest absolute Gasteiger partial charge is 0.344 e. The maximum Gasteiger partial charge on any atom is 0.344 e. The van der Waals surface area contributed by atoms with Gasteiger partial charge < -0.3 is 19.6 Å². The molecule has 7 heteroatoms. The number of fused-ring (bicyclic) bond motifs is 2. The first kappa shape index (κ1) is 18.3. The summed E-state index contributed by atoms with van der Waals surface area (Å²) < 4.78 is 5.49. The Hall–Kier alpha value is -3.71. The zero-order valence-corrected chi connectivity index (χ0v) is 16.4. The number of H-pyrrole nitrogens is 1. The van der Waals surface area contributed by atoms with Crippen LogP contribution in [0.25, 0.3) is 22.0 Å². The van der Waals surface area contributed by atoms with Gasteiger partial charge in [0, 0.05) is 0 Å². The third-order valence-electron chi connectivity index (χ3n) is 4.88. The van der Waals surface area contributed by atoms with E-state index in [4.69, 9.17) is 4.42 Å². The third kappa shape index (κ3) is 3.19. The van der Waals surface area contributed by atoms with Gasteiger partial charge in [-0.15, -0.1) is 0 Å². The Kier molecular flexibility index (Phi) is 4.44. The van der Waals surface area contributed by atoms with Gasteiger partial charge in [0.1, 0.15) is 17.1 Å². The van der Waals surface area contributed by atoms with E-state index in [1.165, 1.54) is 11.8 Å². The van der Waals surface area contributed by atoms with Crippen LogP contribution < -0.4 is 5.63 Å². The second kappa shape index (κ2) is 7.27. The molecule has 0 aliphatic rings. The molecule has 0 saturated heterocycles. The molecule has 5 rings (SSSR count). The minimum absolute atomic E-state index is 0.112. The number of nitrogens with zero attached hydrogens (tertiary/aromatic N) is 1. The fraction of sp³-hybridized carbons (Fsp3) is 0.0435. The van der Waals surface area contributed by atoms with Gasteiger partial charge in [-0.2, -0.15) is 0 Å². The lowest BCUT2D eigenvalue weighted by Gasteiger charge is -2.17. The number of para-hydroxylation sites is 3. The Labute approximate surface area is 174 Å². The molecule has 2 heterocycles. The number of aromatic hydroxyl groups is 2. The van der Waals surface area contributed by atoms with Crippen molar-refractivity contribution in [1.82, 2.24) is 9.97 Å². The van der Waals surface area contributed by atoms with E-state index in [-0.39, 0.29) is 17.1 Å². The second-order valence-corrected chi connectivity index (χ2v) is 7.89. The summed E-state index contributed by atoms with van der Waals surface area (Å²) in [7, 11) is 0. The zero-order chi connectivity index (χ0) is 20.7. The normalized spacial score (nSPS) is 12.4. The van der Waals surface area contributed by atoms with Crippen molar-refractivity contribution in [2.45, 2.75) is 10.4 Å². The molecule has 3 N–H and O–H groups in total. The number of nitrogens with one attached hydrogen (secondary N) is 1. The van der Waals surface area contributed by atoms with E-state index in [1.807, 2.05) is 24.3 Å². The van der Waals surface area contributed by atoms with Crippen LogP contribution in [0.1, 0.15) is 16.4 Å². The average molecular weight is 416 g/mol. The molecule has 30 heavy (non-hydrogen) atoms. The van der Waals surface area contributed by atoms with Gasteiger partial charge in [0.25, 0.3) is 0 Å². The second-order valence-electron chi connectivity index (χ2n) is 6.80. The van der Waals surface area contributed by atoms with Crippen molar-refractivity contribution in [2.75, 3.05) is 0 Å². The average Bonchev–Trinajstić information content (AvgIpc) is 3.16. The van der Waals surface area contributed by atoms with Crippen LogP contribution in [-0.4, -0.2) is 20.2 Å². The standard InChI is InChI=1S/C23H16N2O4S/c26-14-11-9-13(10-12-14)21(30-23-24-16-6-2-3-7-17(16)25-23)19-20(27)15-5-1-4-8-18(15)29-22(19)28/h1-12,21,26-27H,(H,24,25). The predicted octanol–water partition coefficient (Wildman–Crippen LogP) is 4.96. The number of aromatic nitrogens is 2. The lowest BCUT2D eigenvalue weighted by molar-refractivity contribution is 0.458. The third-order valence-corrected chi connectivity index (χ3v) is 6.04. The maximum absolute atomic E-state index is 12.9. The minimum atomic E-state index is -0.618. The van der Waals surface area contributed by atoms with Gasteiger partial charge >= 0.3 is 5.63 Å². The van der Waals surface area contributed by atoms with Gasteiger partial charge in [-0.25, -0.2) is 9.78 Å². The fourth-order valence-corrected chi connectivity index (χ4v) is 4.58. The summed E-state index contributed by atoms with van der Waals surface area (Å²) in [6.07, 6.45) is 0. The van der Waals surface area contributed by atoms with Crippen LogP contribution >= 0.6 is 11.8 Å². The summed E-state index contributed by atoms with van der Waals surface area (Å²) in [6.45, 7) is 0. The number of rotatable bonds is 4. The van der Waals surface area contributed by atoms with Gasteiger partial charge in [-0.1, -0.05) is 48.2 Å². The largest absolute Gasteiger partial charge is 0.508 e. The first-order chi connectivity index (χ1) is 14.6. The summed E-state index contributed by atoms with van der Waals surface area (Å²) in [5.74, 6) is -0.00968. The SMILES string of the molecule is O=c1oc2ccccc2c(O)c1C(Sc1nc2ccccc2[nH]1)c1ccc(O)cc1. The van der Waals surface area contributed by atoms with Crippen molar-refractivity contribution in [3.05, 3.63) is 94.3 Å². The van der Waals surface area contributed by atoms with Crippen LogP contribution in [-0.2, 0) is 0 Å². The van der Waals surface area contributed by atoms with Crippen LogP contribution in [0, 0.1) is 0 Å². The Morgan fingerprint density at radius 1 is 0.933 bits per heavy atom. The molecule has 0 amide bonds.